The van der Waals surface area contributed by atoms with Crippen LogP contribution in [0.3, 0.4) is 0 Å². The zero-order chi connectivity index (χ0) is 21.1. The molecule has 7 nitrogen and oxygen atoms in total. The Kier molecular flexibility index (Phi) is 6.21. The second-order valence-corrected chi connectivity index (χ2v) is 8.91. The van der Waals surface area contributed by atoms with E-state index in [2.05, 4.69) is 4.98 Å². The van der Waals surface area contributed by atoms with Crippen molar-refractivity contribution in [2.45, 2.75) is 24.0 Å². The smallest absolute Gasteiger partial charge is 0.197 e. The Morgan fingerprint density at radius 3 is 2.87 bits per heavy atom. The maximum absolute atomic E-state index is 13.6. The molecule has 0 saturated carbocycles. The third-order valence-electron chi connectivity index (χ3n) is 4.84. The monoisotopic (exact) mass is 446 g/mol. The van der Waals surface area contributed by atoms with Gasteiger partial charge in [0, 0.05) is 35.2 Å². The maximum atomic E-state index is 13.6. The van der Waals surface area contributed by atoms with Crippen LogP contribution in [-0.2, 0) is 17.5 Å². The molecule has 0 radical (unpaired) electrons. The summed E-state index contributed by atoms with van der Waals surface area (Å²) in [6.07, 6.45) is 1.68. The number of ether oxygens (including phenoxy) is 3. The van der Waals surface area contributed by atoms with Crippen LogP contribution in [0.25, 0.3) is 0 Å². The third kappa shape index (κ3) is 4.14. The van der Waals surface area contributed by atoms with Crippen LogP contribution >= 0.6 is 11.3 Å². The lowest BCUT2D eigenvalue weighted by Crippen LogP contribution is -2.26. The van der Waals surface area contributed by atoms with E-state index in [0.717, 1.165) is 11.1 Å². The SMILES string of the molecule is COc1ccc(CN(c2nccs2)S(=O)c2ccc3c(c2)OCCC3O)c(OC)c1. The lowest BCUT2D eigenvalue weighted by molar-refractivity contribution is 0.115. The van der Waals surface area contributed by atoms with Crippen LogP contribution in [0.2, 0.25) is 0 Å². The van der Waals surface area contributed by atoms with Crippen LogP contribution in [0.1, 0.15) is 23.7 Å². The Bertz CT molecular complexity index is 1040. The highest BCUT2D eigenvalue weighted by molar-refractivity contribution is 7.86. The van der Waals surface area contributed by atoms with E-state index in [1.54, 1.807) is 49.0 Å². The van der Waals surface area contributed by atoms with Crippen LogP contribution < -0.4 is 18.5 Å². The molecule has 0 saturated heterocycles. The van der Waals surface area contributed by atoms with Crippen LogP contribution in [0.4, 0.5) is 5.13 Å². The quantitative estimate of drug-likeness (QED) is 0.596. The van der Waals surface area contributed by atoms with Crippen molar-refractivity contribution in [2.24, 2.45) is 0 Å². The van der Waals surface area contributed by atoms with E-state index in [1.165, 1.54) is 11.3 Å². The Balaban J connectivity index is 1.68. The van der Waals surface area contributed by atoms with Crippen molar-refractivity contribution in [3.63, 3.8) is 0 Å². The molecule has 0 spiro atoms. The molecule has 1 N–H and O–H groups in total. The van der Waals surface area contributed by atoms with Gasteiger partial charge in [-0.15, -0.1) is 11.3 Å². The fourth-order valence-corrected chi connectivity index (χ4v) is 5.23. The first-order chi connectivity index (χ1) is 14.6. The second kappa shape index (κ2) is 9.03. The van der Waals surface area contributed by atoms with E-state index in [4.69, 9.17) is 14.2 Å². The highest BCUT2D eigenvalue weighted by atomic mass is 32.2. The maximum Gasteiger partial charge on any atom is 0.197 e. The number of benzene rings is 2. The van der Waals surface area contributed by atoms with E-state index < -0.39 is 17.1 Å². The van der Waals surface area contributed by atoms with E-state index in [-0.39, 0.29) is 0 Å². The molecule has 2 atom stereocenters. The minimum atomic E-state index is -1.54. The molecule has 1 aromatic heterocycles. The number of hydrogen-bond acceptors (Lipinski definition) is 7. The van der Waals surface area contributed by atoms with Gasteiger partial charge in [0.25, 0.3) is 0 Å². The van der Waals surface area contributed by atoms with Gasteiger partial charge in [0.15, 0.2) is 16.1 Å². The topological polar surface area (TPSA) is 81.1 Å². The van der Waals surface area contributed by atoms with Crippen LogP contribution in [-0.4, -0.2) is 35.1 Å². The minimum absolute atomic E-state index is 0.327. The fourth-order valence-electron chi connectivity index (χ4n) is 3.26. The number of rotatable bonds is 7. The molecule has 0 fully saturated rings. The number of hydrogen-bond donors (Lipinski definition) is 1. The number of anilines is 1. The molecule has 0 amide bonds. The molecule has 9 heteroatoms. The number of fused-ring (bicyclic) bond motifs is 1. The number of methoxy groups -OCH3 is 2. The van der Waals surface area contributed by atoms with Crippen LogP contribution in [0.5, 0.6) is 17.2 Å². The van der Waals surface area contributed by atoms with Crippen LogP contribution in [0, 0.1) is 0 Å². The summed E-state index contributed by atoms with van der Waals surface area (Å²) in [5.74, 6) is 1.90. The molecular weight excluding hydrogens is 424 g/mol. The van der Waals surface area contributed by atoms with Gasteiger partial charge in [-0.3, -0.25) is 4.31 Å². The number of aliphatic hydroxyl groups is 1. The van der Waals surface area contributed by atoms with Crippen molar-refractivity contribution in [3.05, 3.63) is 59.1 Å². The molecule has 3 aromatic rings. The molecule has 0 bridgehead atoms. The predicted molar refractivity (Wildman–Crippen MR) is 116 cm³/mol. The van der Waals surface area contributed by atoms with E-state index in [1.807, 2.05) is 17.5 Å². The Morgan fingerprint density at radius 2 is 2.13 bits per heavy atom. The molecular formula is C21H22N2O5S2. The molecule has 1 aliphatic heterocycles. The van der Waals surface area contributed by atoms with Gasteiger partial charge < -0.3 is 19.3 Å². The Morgan fingerprint density at radius 1 is 1.27 bits per heavy atom. The summed E-state index contributed by atoms with van der Waals surface area (Å²) >= 11 is 1.41. The largest absolute Gasteiger partial charge is 0.497 e. The fraction of sp³-hybridized carbons (Fsp3) is 0.286. The van der Waals surface area contributed by atoms with Gasteiger partial charge >= 0.3 is 0 Å². The van der Waals surface area contributed by atoms with Gasteiger partial charge in [-0.05, 0) is 24.3 Å². The third-order valence-corrected chi connectivity index (χ3v) is 7.11. The summed E-state index contributed by atoms with van der Waals surface area (Å²) in [6, 6.07) is 10.8. The van der Waals surface area contributed by atoms with E-state index in [0.29, 0.717) is 46.8 Å². The van der Waals surface area contributed by atoms with Crippen molar-refractivity contribution < 1.29 is 23.5 Å². The average Bonchev–Trinajstić information content (AvgIpc) is 3.31. The highest BCUT2D eigenvalue weighted by Crippen LogP contribution is 2.35. The number of nitrogens with zero attached hydrogens (tertiary/aromatic N) is 2. The molecule has 2 unspecified atom stereocenters. The second-order valence-electron chi connectivity index (χ2n) is 6.63. The number of thiazole rings is 1. The van der Waals surface area contributed by atoms with Gasteiger partial charge in [-0.2, -0.15) is 0 Å². The first-order valence-electron chi connectivity index (χ1n) is 9.35. The van der Waals surface area contributed by atoms with Crippen molar-refractivity contribution in [2.75, 3.05) is 25.1 Å². The Hall–Kier alpha value is -2.62. The number of aromatic nitrogens is 1. The molecule has 158 valence electrons. The molecule has 1 aliphatic rings. The Labute approximate surface area is 181 Å². The lowest BCUT2D eigenvalue weighted by Gasteiger charge is -2.25. The van der Waals surface area contributed by atoms with Crippen molar-refractivity contribution in [3.8, 4) is 17.2 Å². The summed E-state index contributed by atoms with van der Waals surface area (Å²) in [5.41, 5.74) is 1.58. The van der Waals surface area contributed by atoms with Crippen molar-refractivity contribution in [1.82, 2.24) is 4.98 Å². The highest BCUT2D eigenvalue weighted by Gasteiger charge is 2.24. The molecule has 2 aromatic carbocycles. The summed E-state index contributed by atoms with van der Waals surface area (Å²) in [7, 11) is 1.65. The molecule has 30 heavy (non-hydrogen) atoms. The summed E-state index contributed by atoms with van der Waals surface area (Å²) < 4.78 is 31.7. The first kappa shape index (κ1) is 20.6. The summed E-state index contributed by atoms with van der Waals surface area (Å²) in [6.45, 7) is 0.761. The molecule has 4 rings (SSSR count). The average molecular weight is 447 g/mol. The zero-order valence-corrected chi connectivity index (χ0v) is 18.2. The molecule has 2 heterocycles. The van der Waals surface area contributed by atoms with Crippen molar-refractivity contribution in [1.29, 1.82) is 0 Å². The predicted octanol–water partition coefficient (Wildman–Crippen LogP) is 3.71. The van der Waals surface area contributed by atoms with Gasteiger partial charge in [0.1, 0.15) is 17.2 Å². The number of aliphatic hydroxyl groups excluding tert-OH is 1. The lowest BCUT2D eigenvalue weighted by atomic mass is 10.0. The van der Waals surface area contributed by atoms with Gasteiger partial charge in [-0.25, -0.2) is 9.19 Å². The first-order valence-corrected chi connectivity index (χ1v) is 11.3. The van der Waals surface area contributed by atoms with Gasteiger partial charge in [0.05, 0.1) is 38.4 Å². The van der Waals surface area contributed by atoms with Crippen LogP contribution in [0.15, 0.2) is 52.9 Å². The summed E-state index contributed by atoms with van der Waals surface area (Å²) in [4.78, 5) is 4.94. The van der Waals surface area contributed by atoms with E-state index >= 15 is 0 Å². The normalized spacial score (nSPS) is 16.3. The van der Waals surface area contributed by atoms with Gasteiger partial charge in [0.2, 0.25) is 0 Å². The van der Waals surface area contributed by atoms with E-state index in [9.17, 15) is 9.32 Å². The minimum Gasteiger partial charge on any atom is -0.497 e. The van der Waals surface area contributed by atoms with Crippen molar-refractivity contribution >= 4 is 27.5 Å². The van der Waals surface area contributed by atoms with Gasteiger partial charge in [-0.1, -0.05) is 6.07 Å². The standard InChI is InChI=1S/C21H22N2O5S2/c1-26-15-4-3-14(19(11-15)27-2)13-23(21-22-8-10-29-21)30(25)16-5-6-17-18(24)7-9-28-20(17)12-16/h3-6,8,10-12,18,24H,7,9,13H2,1-2H3. The summed E-state index contributed by atoms with van der Waals surface area (Å²) in [5, 5.41) is 12.6. The molecule has 0 aliphatic carbocycles. The zero-order valence-electron chi connectivity index (χ0n) is 16.6.